The lowest BCUT2D eigenvalue weighted by Gasteiger charge is -2.50. The van der Waals surface area contributed by atoms with Crippen LogP contribution in [0.25, 0.3) is 0 Å². The van der Waals surface area contributed by atoms with Crippen LogP contribution in [0.2, 0.25) is 0 Å². The highest BCUT2D eigenvalue weighted by Gasteiger charge is 2.54. The van der Waals surface area contributed by atoms with Crippen LogP contribution in [0, 0.1) is 23.7 Å². The van der Waals surface area contributed by atoms with Crippen molar-refractivity contribution in [1.29, 1.82) is 0 Å². The molecule has 3 aliphatic rings. The van der Waals surface area contributed by atoms with Crippen LogP contribution < -0.4 is 5.32 Å². The number of methoxy groups -OCH3 is 1. The zero-order valence-electron chi connectivity index (χ0n) is 38.4. The summed E-state index contributed by atoms with van der Waals surface area (Å²) in [6, 6.07) is -0.246. The van der Waals surface area contributed by atoms with Crippen molar-refractivity contribution in [3.63, 3.8) is 0 Å². The van der Waals surface area contributed by atoms with Crippen LogP contribution in [0.1, 0.15) is 116 Å². The molecule has 6 N–H and O–H groups in total. The van der Waals surface area contributed by atoms with E-state index in [1.165, 1.54) is 14.0 Å². The summed E-state index contributed by atoms with van der Waals surface area (Å²) in [5.41, 5.74) is -4.81. The normalized spacial score (nSPS) is 45.8. The van der Waals surface area contributed by atoms with E-state index in [1.54, 1.807) is 55.4 Å². The van der Waals surface area contributed by atoms with E-state index in [1.807, 2.05) is 34.7 Å². The second kappa shape index (κ2) is 21.2. The molecule has 16 heteroatoms. The number of aliphatic hydroxyl groups excluding tert-OH is 3. The number of hydrogen-bond acceptors (Lipinski definition) is 15. The number of ether oxygens (including phenoxy) is 7. The topological polar surface area (TPSA) is 215 Å². The Bertz CT molecular complexity index is 1340. The molecule has 0 bridgehead atoms. The first-order valence-corrected chi connectivity index (χ1v) is 21.7. The van der Waals surface area contributed by atoms with Crippen LogP contribution >= 0.6 is 0 Å². The minimum absolute atomic E-state index is 0.0252. The monoisotopic (exact) mass is 849 g/mol. The molecule has 16 nitrogen and oxygen atoms in total. The molecule has 0 spiro atoms. The summed E-state index contributed by atoms with van der Waals surface area (Å²) < 4.78 is 44.1. The van der Waals surface area contributed by atoms with Gasteiger partial charge in [0.05, 0.1) is 53.7 Å². The van der Waals surface area contributed by atoms with Gasteiger partial charge >= 0.3 is 5.97 Å². The van der Waals surface area contributed by atoms with Crippen LogP contribution in [0.5, 0.6) is 0 Å². The van der Waals surface area contributed by atoms with Crippen molar-refractivity contribution in [1.82, 2.24) is 10.2 Å². The van der Waals surface area contributed by atoms with Crippen LogP contribution in [0.3, 0.4) is 0 Å². The molecule has 19 atom stereocenters. The van der Waals surface area contributed by atoms with E-state index in [9.17, 15) is 35.1 Å². The third kappa shape index (κ3) is 12.1. The summed E-state index contributed by atoms with van der Waals surface area (Å²) in [5, 5.41) is 62.3. The van der Waals surface area contributed by atoms with E-state index in [2.05, 4.69) is 10.2 Å². The quantitative estimate of drug-likeness (QED) is 0.156. The van der Waals surface area contributed by atoms with Gasteiger partial charge in [0.25, 0.3) is 0 Å². The van der Waals surface area contributed by atoms with Gasteiger partial charge in [-0.2, -0.15) is 0 Å². The van der Waals surface area contributed by atoms with Gasteiger partial charge in [0.1, 0.15) is 30.5 Å². The van der Waals surface area contributed by atoms with Crippen molar-refractivity contribution in [3.05, 3.63) is 0 Å². The summed E-state index contributed by atoms with van der Waals surface area (Å²) in [6.07, 6.45) is -10.5. The maximum Gasteiger partial charge on any atom is 0.311 e. The molecule has 0 aromatic rings. The number of rotatable bonds is 12. The zero-order valence-corrected chi connectivity index (χ0v) is 38.4. The van der Waals surface area contributed by atoms with Crippen molar-refractivity contribution in [3.8, 4) is 0 Å². The van der Waals surface area contributed by atoms with Crippen molar-refractivity contribution in [2.75, 3.05) is 27.3 Å². The third-order valence-corrected chi connectivity index (χ3v) is 13.5. The number of esters is 1. The molecule has 0 radical (unpaired) electrons. The van der Waals surface area contributed by atoms with Gasteiger partial charge < -0.3 is 64.0 Å². The largest absolute Gasteiger partial charge is 0.459 e. The van der Waals surface area contributed by atoms with E-state index in [-0.39, 0.29) is 50.0 Å². The van der Waals surface area contributed by atoms with Gasteiger partial charge in [0, 0.05) is 44.0 Å². The molecule has 3 aliphatic heterocycles. The fraction of sp³-hybridized carbons (Fsp3) is 0.953. The van der Waals surface area contributed by atoms with E-state index in [0.29, 0.717) is 13.0 Å². The molecule has 3 heterocycles. The number of cyclic esters (lactones) is 1. The number of hydrogen-bond donors (Lipinski definition) is 6. The number of nitrogens with one attached hydrogen (secondary N) is 1. The van der Waals surface area contributed by atoms with Crippen molar-refractivity contribution in [2.24, 2.45) is 23.7 Å². The Morgan fingerprint density at radius 1 is 0.932 bits per heavy atom. The predicted molar refractivity (Wildman–Crippen MR) is 219 cm³/mol. The van der Waals surface area contributed by atoms with E-state index in [0.717, 1.165) is 0 Å². The average Bonchev–Trinajstić information content (AvgIpc) is 3.16. The second-order valence-electron chi connectivity index (χ2n) is 18.7. The molecule has 1 amide bonds. The van der Waals surface area contributed by atoms with Crippen molar-refractivity contribution >= 4 is 11.9 Å². The van der Waals surface area contributed by atoms with Crippen LogP contribution in [-0.2, 0) is 42.7 Å². The molecule has 0 aromatic heterocycles. The van der Waals surface area contributed by atoms with Crippen molar-refractivity contribution in [2.45, 2.75) is 212 Å². The molecule has 0 aromatic carbocycles. The molecule has 3 rings (SSSR count). The summed E-state index contributed by atoms with van der Waals surface area (Å²) in [6.45, 7) is 22.9. The highest BCUT2D eigenvalue weighted by molar-refractivity contribution is 5.77. The number of likely N-dealkylation sites (N-methyl/N-ethyl adjacent to an activating group) is 2. The molecular weight excluding hydrogens is 768 g/mol. The Kier molecular flexibility index (Phi) is 18.6. The van der Waals surface area contributed by atoms with Crippen LogP contribution in [-0.4, -0.2) is 166 Å². The maximum absolute atomic E-state index is 14.4. The molecule has 3 fully saturated rings. The van der Waals surface area contributed by atoms with E-state index >= 15 is 0 Å². The first-order chi connectivity index (χ1) is 27.3. The van der Waals surface area contributed by atoms with Crippen LogP contribution in [0.15, 0.2) is 0 Å². The lowest BCUT2D eigenvalue weighted by Crippen LogP contribution is -2.62. The highest BCUT2D eigenvalue weighted by Crippen LogP contribution is 2.42. The minimum atomic E-state index is -1.97. The fourth-order valence-electron chi connectivity index (χ4n) is 9.59. The molecular formula is C43H80N2O14. The predicted octanol–water partition coefficient (Wildman–Crippen LogP) is 2.52. The summed E-state index contributed by atoms with van der Waals surface area (Å²) >= 11 is 0. The molecule has 3 saturated heterocycles. The van der Waals surface area contributed by atoms with E-state index in [4.69, 9.17) is 33.2 Å². The van der Waals surface area contributed by atoms with Crippen molar-refractivity contribution < 1.29 is 68.3 Å². The number of carbonyl (C=O) groups is 2. The van der Waals surface area contributed by atoms with Gasteiger partial charge in [0.15, 0.2) is 12.6 Å². The summed E-state index contributed by atoms with van der Waals surface area (Å²) in [5.74, 6) is -4.47. The lowest BCUT2D eigenvalue weighted by molar-refractivity contribution is -0.319. The standard InChI is InChI=1S/C43H80N2O14/c1-16-30-43(13,52)36(48)25(7)34(54-21-31(46)44-17-2)23(5)19-41(11,51)38(59-40-33(47)29(18-24(6)55-40)45(14)22(3)4)26(8)35(27(9)39(50)57-30)58-32-20-42(12,53-15)37(49)28(10)56-32/h22-30,32-38,40,47-49,51-52H,16-21H2,1-15H3,(H,44,46)/t23-,24-,25+,26+,27-,28+,29+,30-,32+,33-,34+,35+,36-,37+,38-,40+,41-,42-,43-/m1/s1. The Balaban J connectivity index is 2.24. The number of nitrogens with zero attached hydrogens (tertiary/aromatic N) is 1. The van der Waals surface area contributed by atoms with Crippen LogP contribution in [0.4, 0.5) is 0 Å². The fourth-order valence-corrected chi connectivity index (χ4v) is 9.59. The van der Waals surface area contributed by atoms with Gasteiger partial charge in [0.2, 0.25) is 5.91 Å². The SMILES string of the molecule is CCNC(=O)CO[C@@H]1[C@H](C)[C@@H](O)[C@](C)(O)[C@@H](CC)OC(=O)[C@H](C)[C@@H](O[C@H]2C[C@@](C)(OC)[C@@H](O)[C@H](C)O2)[C@H](C)[C@@H](O[C@@H]2O[C@H](C)C[C@H](N(C)C(C)C)[C@H]2O)[C@](C)(O)C[C@H]1C. The van der Waals surface area contributed by atoms with Gasteiger partial charge in [-0.3, -0.25) is 14.5 Å². The van der Waals surface area contributed by atoms with E-state index < -0.39 is 108 Å². The number of carbonyl (C=O) groups excluding carboxylic acids is 2. The zero-order chi connectivity index (χ0) is 44.9. The lowest BCUT2D eigenvalue weighted by atomic mass is 9.73. The minimum Gasteiger partial charge on any atom is -0.459 e. The molecule has 0 aliphatic carbocycles. The molecule has 59 heavy (non-hydrogen) atoms. The van der Waals surface area contributed by atoms with Gasteiger partial charge in [-0.05, 0) is 94.5 Å². The Morgan fingerprint density at radius 2 is 1.56 bits per heavy atom. The number of amides is 1. The molecule has 0 unspecified atom stereocenters. The third-order valence-electron chi connectivity index (χ3n) is 13.5. The Labute approximate surface area is 352 Å². The molecule has 346 valence electrons. The second-order valence-corrected chi connectivity index (χ2v) is 18.7. The first-order valence-electron chi connectivity index (χ1n) is 21.7. The van der Waals surface area contributed by atoms with Gasteiger partial charge in [-0.15, -0.1) is 0 Å². The first kappa shape index (κ1) is 51.8. The molecule has 0 saturated carbocycles. The summed E-state index contributed by atoms with van der Waals surface area (Å²) in [7, 11) is 3.42. The van der Waals surface area contributed by atoms with Gasteiger partial charge in [-0.1, -0.05) is 27.7 Å². The maximum atomic E-state index is 14.4. The number of aliphatic hydroxyl groups is 5. The van der Waals surface area contributed by atoms with Gasteiger partial charge in [-0.25, -0.2) is 0 Å². The summed E-state index contributed by atoms with van der Waals surface area (Å²) in [4.78, 5) is 29.1. The smallest absolute Gasteiger partial charge is 0.311 e. The Morgan fingerprint density at radius 3 is 2.12 bits per heavy atom. The Hall–Kier alpha value is -1.54. The highest BCUT2D eigenvalue weighted by atomic mass is 16.7. The average molecular weight is 849 g/mol.